The lowest BCUT2D eigenvalue weighted by atomic mass is 10.0. The van der Waals surface area contributed by atoms with Gasteiger partial charge in [-0.3, -0.25) is 4.79 Å². The van der Waals surface area contributed by atoms with Gasteiger partial charge < -0.3 is 18.3 Å². The van der Waals surface area contributed by atoms with Crippen LogP contribution in [0.4, 0.5) is 13.2 Å². The third-order valence-corrected chi connectivity index (χ3v) is 4.55. The van der Waals surface area contributed by atoms with Gasteiger partial charge in [-0.1, -0.05) is 6.92 Å². The molecule has 1 aromatic carbocycles. The van der Waals surface area contributed by atoms with Gasteiger partial charge in [0.05, 0.1) is 24.7 Å². The first-order chi connectivity index (χ1) is 14.1. The Morgan fingerprint density at radius 3 is 2.47 bits per heavy atom. The maximum Gasteiger partial charge on any atom is 0.450 e. The van der Waals surface area contributed by atoms with Gasteiger partial charge in [-0.25, -0.2) is 4.79 Å². The van der Waals surface area contributed by atoms with Crippen LogP contribution in [0.1, 0.15) is 41.0 Å². The van der Waals surface area contributed by atoms with Gasteiger partial charge in [0.15, 0.2) is 0 Å². The van der Waals surface area contributed by atoms with Gasteiger partial charge >= 0.3 is 12.1 Å². The summed E-state index contributed by atoms with van der Waals surface area (Å²) >= 11 is 0. The highest BCUT2D eigenvalue weighted by Crippen LogP contribution is 2.40. The molecular formula is C21H19F3O6. The summed E-state index contributed by atoms with van der Waals surface area (Å²) in [7, 11) is 1.10. The minimum absolute atomic E-state index is 0.0421. The second-order valence-corrected chi connectivity index (χ2v) is 6.62. The number of rotatable bonds is 5. The summed E-state index contributed by atoms with van der Waals surface area (Å²) in [6, 6.07) is 3.92. The summed E-state index contributed by atoms with van der Waals surface area (Å²) < 4.78 is 62.1. The van der Waals surface area contributed by atoms with Crippen molar-refractivity contribution in [2.24, 2.45) is 0 Å². The molecule has 0 atom stereocenters. The van der Waals surface area contributed by atoms with E-state index in [-0.39, 0.29) is 33.6 Å². The summed E-state index contributed by atoms with van der Waals surface area (Å²) in [4.78, 5) is 24.8. The van der Waals surface area contributed by atoms with Crippen LogP contribution in [-0.2, 0) is 10.9 Å². The summed E-state index contributed by atoms with van der Waals surface area (Å²) in [6.07, 6.45) is -4.26. The van der Waals surface area contributed by atoms with E-state index < -0.39 is 28.9 Å². The molecule has 0 radical (unpaired) electrons. The van der Waals surface area contributed by atoms with Gasteiger partial charge in [0.2, 0.25) is 16.9 Å². The fraction of sp³-hybridized carbons (Fsp3) is 0.333. The van der Waals surface area contributed by atoms with Crippen molar-refractivity contribution < 1.29 is 36.3 Å². The number of esters is 1. The number of fused-ring (bicyclic) bond motifs is 1. The number of furan rings is 1. The van der Waals surface area contributed by atoms with Crippen LogP contribution in [0.3, 0.4) is 0 Å². The molecule has 0 fully saturated rings. The monoisotopic (exact) mass is 424 g/mol. The molecule has 0 unspecified atom stereocenters. The predicted octanol–water partition coefficient (Wildman–Crippen LogP) is 5.26. The number of benzene rings is 1. The number of halogens is 3. The molecule has 2 heterocycles. The van der Waals surface area contributed by atoms with Crippen molar-refractivity contribution in [3.05, 3.63) is 51.3 Å². The fourth-order valence-corrected chi connectivity index (χ4v) is 3.12. The smallest absolute Gasteiger partial charge is 0.450 e. The van der Waals surface area contributed by atoms with Gasteiger partial charge in [0.25, 0.3) is 0 Å². The summed E-state index contributed by atoms with van der Waals surface area (Å²) in [5.74, 6) is -2.39. The zero-order valence-corrected chi connectivity index (χ0v) is 16.7. The van der Waals surface area contributed by atoms with Crippen LogP contribution in [0.25, 0.3) is 22.1 Å². The Bertz CT molecular complexity index is 1170. The van der Waals surface area contributed by atoms with Gasteiger partial charge in [0, 0.05) is 11.1 Å². The number of ether oxygens (including phenoxy) is 2. The molecule has 30 heavy (non-hydrogen) atoms. The topological polar surface area (TPSA) is 78.9 Å². The largest absolute Gasteiger partial charge is 0.493 e. The maximum absolute atomic E-state index is 13.9. The SMILES string of the molecule is CCCOc1ccc2c(=O)c(-c3cc(C(=O)OC)oc3C)c(C(F)(F)F)oc2c1C. The molecule has 9 heteroatoms. The Kier molecular flexibility index (Phi) is 5.65. The standard InChI is InChI=1S/C21H19F3O6/c1-5-8-28-14-7-6-12-17(25)16(13-9-15(20(26)27-4)29-11(13)3)19(21(22,23)24)30-18(12)10(14)2/h6-7,9H,5,8H2,1-4H3. The van der Waals surface area contributed by atoms with Crippen LogP contribution < -0.4 is 10.2 Å². The Hall–Kier alpha value is -3.23. The van der Waals surface area contributed by atoms with Crippen molar-refractivity contribution in [3.8, 4) is 16.9 Å². The molecule has 3 aromatic rings. The molecule has 0 aliphatic heterocycles. The van der Waals surface area contributed by atoms with E-state index in [1.807, 2.05) is 6.92 Å². The first-order valence-electron chi connectivity index (χ1n) is 9.09. The minimum Gasteiger partial charge on any atom is -0.493 e. The van der Waals surface area contributed by atoms with E-state index in [2.05, 4.69) is 4.74 Å². The lowest BCUT2D eigenvalue weighted by Crippen LogP contribution is -2.16. The Labute approximate surface area is 169 Å². The number of carbonyl (C=O) groups is 1. The molecule has 0 N–H and O–H groups in total. The third-order valence-electron chi connectivity index (χ3n) is 4.55. The second-order valence-electron chi connectivity index (χ2n) is 6.62. The first-order valence-corrected chi connectivity index (χ1v) is 9.09. The summed E-state index contributed by atoms with van der Waals surface area (Å²) in [6.45, 7) is 5.12. The van der Waals surface area contributed by atoms with Crippen molar-refractivity contribution in [1.29, 1.82) is 0 Å². The molecule has 0 bridgehead atoms. The quantitative estimate of drug-likeness (QED) is 0.520. The molecule has 0 spiro atoms. The van der Waals surface area contributed by atoms with E-state index in [4.69, 9.17) is 13.6 Å². The first kappa shape index (κ1) is 21.5. The van der Waals surface area contributed by atoms with E-state index in [1.54, 1.807) is 0 Å². The maximum atomic E-state index is 13.9. The molecule has 0 aliphatic carbocycles. The lowest BCUT2D eigenvalue weighted by Gasteiger charge is -2.15. The highest BCUT2D eigenvalue weighted by atomic mass is 19.4. The summed E-state index contributed by atoms with van der Waals surface area (Å²) in [5.41, 5.74) is -1.74. The average molecular weight is 424 g/mol. The number of aryl methyl sites for hydroxylation is 2. The molecule has 3 rings (SSSR count). The van der Waals surface area contributed by atoms with E-state index in [0.29, 0.717) is 18.8 Å². The van der Waals surface area contributed by atoms with Crippen LogP contribution in [0.5, 0.6) is 5.75 Å². The van der Waals surface area contributed by atoms with Gasteiger partial charge in [-0.15, -0.1) is 0 Å². The highest BCUT2D eigenvalue weighted by Gasteiger charge is 2.40. The van der Waals surface area contributed by atoms with Crippen molar-refractivity contribution in [2.75, 3.05) is 13.7 Å². The Morgan fingerprint density at radius 1 is 1.17 bits per heavy atom. The zero-order chi connectivity index (χ0) is 22.2. The molecule has 6 nitrogen and oxygen atoms in total. The van der Waals surface area contributed by atoms with Crippen molar-refractivity contribution in [3.63, 3.8) is 0 Å². The number of carbonyl (C=O) groups excluding carboxylic acids is 1. The van der Waals surface area contributed by atoms with Crippen LogP contribution >= 0.6 is 0 Å². The molecular weight excluding hydrogens is 405 g/mol. The van der Waals surface area contributed by atoms with Crippen LogP contribution in [-0.4, -0.2) is 19.7 Å². The number of hydrogen-bond acceptors (Lipinski definition) is 6. The molecule has 0 aliphatic rings. The molecule has 0 saturated heterocycles. The highest BCUT2D eigenvalue weighted by molar-refractivity contribution is 5.91. The molecule has 2 aromatic heterocycles. The van der Waals surface area contributed by atoms with E-state index in [0.717, 1.165) is 13.2 Å². The predicted molar refractivity (Wildman–Crippen MR) is 102 cm³/mol. The summed E-state index contributed by atoms with van der Waals surface area (Å²) in [5, 5.41) is -0.0421. The van der Waals surface area contributed by atoms with Crippen molar-refractivity contribution in [1.82, 2.24) is 0 Å². The molecule has 160 valence electrons. The van der Waals surface area contributed by atoms with Gasteiger partial charge in [-0.2, -0.15) is 13.2 Å². The lowest BCUT2D eigenvalue weighted by molar-refractivity contribution is -0.152. The van der Waals surface area contributed by atoms with E-state index in [9.17, 15) is 22.8 Å². The molecule has 0 amide bonds. The van der Waals surface area contributed by atoms with Crippen molar-refractivity contribution >= 4 is 16.9 Å². The van der Waals surface area contributed by atoms with Gasteiger partial charge in [0.1, 0.15) is 17.1 Å². The normalized spacial score (nSPS) is 11.7. The number of hydrogen-bond donors (Lipinski definition) is 0. The number of methoxy groups -OCH3 is 1. The Morgan fingerprint density at radius 2 is 1.87 bits per heavy atom. The van der Waals surface area contributed by atoms with Crippen LogP contribution in [0, 0.1) is 13.8 Å². The number of alkyl halides is 3. The zero-order valence-electron chi connectivity index (χ0n) is 16.7. The van der Waals surface area contributed by atoms with Gasteiger partial charge in [-0.05, 0) is 38.5 Å². The van der Waals surface area contributed by atoms with Crippen molar-refractivity contribution in [2.45, 2.75) is 33.4 Å². The fourth-order valence-electron chi connectivity index (χ4n) is 3.12. The van der Waals surface area contributed by atoms with Crippen LogP contribution in [0.2, 0.25) is 0 Å². The van der Waals surface area contributed by atoms with E-state index in [1.165, 1.54) is 26.0 Å². The second kappa shape index (κ2) is 7.89. The Balaban J connectivity index is 2.35. The third kappa shape index (κ3) is 3.67. The van der Waals surface area contributed by atoms with Crippen LogP contribution in [0.15, 0.2) is 31.8 Å². The van der Waals surface area contributed by atoms with E-state index >= 15 is 0 Å². The average Bonchev–Trinajstić information content (AvgIpc) is 3.07. The molecule has 0 saturated carbocycles. The minimum atomic E-state index is -4.97.